The maximum atomic E-state index is 12.3. The summed E-state index contributed by atoms with van der Waals surface area (Å²) in [7, 11) is -4.51. The van der Waals surface area contributed by atoms with Crippen LogP contribution >= 0.6 is 0 Å². The first-order chi connectivity index (χ1) is 17.5. The van der Waals surface area contributed by atoms with E-state index in [2.05, 4.69) is 19.9 Å². The largest absolute Gasteiger partial charge is 1.00 e. The van der Waals surface area contributed by atoms with Crippen molar-refractivity contribution < 1.29 is 42.5 Å². The third kappa shape index (κ3) is 13.5. The molecule has 0 saturated carbocycles. The normalized spacial score (nSPS) is 11.6. The van der Waals surface area contributed by atoms with Gasteiger partial charge in [0.05, 0.1) is 4.90 Å². The first-order valence-corrected chi connectivity index (χ1v) is 16.4. The molecule has 0 aliphatic carbocycles. The van der Waals surface area contributed by atoms with Crippen molar-refractivity contribution in [1.29, 1.82) is 0 Å². The monoisotopic (exact) mass is 538 g/mol. The molecule has 2 aromatic rings. The van der Waals surface area contributed by atoms with E-state index in [1.54, 1.807) is 6.07 Å². The molecule has 0 heterocycles. The van der Waals surface area contributed by atoms with Gasteiger partial charge in [0.1, 0.15) is 10.1 Å². The van der Waals surface area contributed by atoms with Crippen LogP contribution in [0.1, 0.15) is 141 Å². The molecule has 2 aromatic carbocycles. The molecule has 204 valence electrons. The van der Waals surface area contributed by atoms with Crippen LogP contribution in [0, 0.1) is 0 Å². The Labute approximate surface area is 250 Å². The smallest absolute Gasteiger partial charge is 0.744 e. The molecule has 0 amide bonds. The maximum absolute atomic E-state index is 12.3. The van der Waals surface area contributed by atoms with Crippen molar-refractivity contribution in [2.75, 3.05) is 0 Å². The zero-order chi connectivity index (χ0) is 26.1. The molecule has 0 unspecified atom stereocenters. The third-order valence-corrected chi connectivity index (χ3v) is 8.45. The van der Waals surface area contributed by atoms with E-state index in [0.29, 0.717) is 6.42 Å². The van der Waals surface area contributed by atoms with E-state index in [1.807, 2.05) is 18.2 Å². The van der Waals surface area contributed by atoms with Crippen molar-refractivity contribution in [2.24, 2.45) is 0 Å². The summed E-state index contributed by atoms with van der Waals surface area (Å²) < 4.78 is 36.8. The van der Waals surface area contributed by atoms with E-state index < -0.39 is 10.1 Å². The maximum Gasteiger partial charge on any atom is 1.00 e. The van der Waals surface area contributed by atoms with Gasteiger partial charge in [-0.2, -0.15) is 0 Å². The summed E-state index contributed by atoms with van der Waals surface area (Å²) in [6.45, 7) is 4.49. The number of hydrogen-bond donors (Lipinski definition) is 0. The zero-order valence-electron chi connectivity index (χ0n) is 24.2. The van der Waals surface area contributed by atoms with E-state index in [9.17, 15) is 13.0 Å². The van der Waals surface area contributed by atoms with Gasteiger partial charge in [-0.05, 0) is 53.6 Å². The number of hydrogen-bond acceptors (Lipinski definition) is 3. The van der Waals surface area contributed by atoms with Crippen molar-refractivity contribution in [3.63, 3.8) is 0 Å². The molecule has 0 atom stereocenters. The number of aryl methyl sites for hydroxylation is 2. The van der Waals surface area contributed by atoms with E-state index in [1.165, 1.54) is 89.9 Å². The minimum Gasteiger partial charge on any atom is -0.744 e. The molecule has 0 bridgehead atoms. The predicted octanol–water partition coefficient (Wildman–Crippen LogP) is 6.89. The van der Waals surface area contributed by atoms with Gasteiger partial charge in [0, 0.05) is 0 Å². The van der Waals surface area contributed by atoms with Gasteiger partial charge >= 0.3 is 29.6 Å². The second kappa shape index (κ2) is 20.5. The Morgan fingerprint density at radius 1 is 0.595 bits per heavy atom. The molecule has 0 spiro atoms. The molecule has 0 fully saturated rings. The van der Waals surface area contributed by atoms with Crippen LogP contribution in [0.3, 0.4) is 0 Å². The molecule has 0 aliphatic heterocycles. The van der Waals surface area contributed by atoms with E-state index in [-0.39, 0.29) is 34.5 Å². The summed E-state index contributed by atoms with van der Waals surface area (Å²) in [5.74, 6) is 0. The molecule has 37 heavy (non-hydrogen) atoms. The summed E-state index contributed by atoms with van der Waals surface area (Å²) in [6.07, 6.45) is 23.8. The van der Waals surface area contributed by atoms with Gasteiger partial charge in [-0.1, -0.05) is 141 Å². The number of benzene rings is 2. The van der Waals surface area contributed by atoms with Crippen molar-refractivity contribution in [3.05, 3.63) is 41.5 Å². The van der Waals surface area contributed by atoms with Crippen molar-refractivity contribution in [1.82, 2.24) is 0 Å². The van der Waals surface area contributed by atoms with E-state index in [0.717, 1.165) is 54.0 Å². The number of rotatable bonds is 21. The summed E-state index contributed by atoms with van der Waals surface area (Å²) in [4.78, 5) is 0.0201. The molecular formula is C32H51NaO3S. The van der Waals surface area contributed by atoms with Crippen LogP contribution in [0.2, 0.25) is 0 Å². The Kier molecular flexibility index (Phi) is 19.2. The van der Waals surface area contributed by atoms with Crippen LogP contribution in [0.4, 0.5) is 0 Å². The van der Waals surface area contributed by atoms with Gasteiger partial charge in [0.2, 0.25) is 0 Å². The molecule has 0 N–H and O–H groups in total. The van der Waals surface area contributed by atoms with Gasteiger partial charge in [-0.3, -0.25) is 0 Å². The van der Waals surface area contributed by atoms with Crippen LogP contribution < -0.4 is 29.6 Å². The SMILES string of the molecule is CCCCCCCCCCCc1cc(S(=O)(=O)[O-])c(CCCCCCCCCCC)c2ccccc12.[Na+]. The third-order valence-electron chi connectivity index (χ3n) is 7.55. The Morgan fingerprint density at radius 2 is 1.00 bits per heavy atom. The van der Waals surface area contributed by atoms with E-state index in [4.69, 9.17) is 0 Å². The van der Waals surface area contributed by atoms with Crippen LogP contribution in [0.15, 0.2) is 35.2 Å². The van der Waals surface area contributed by atoms with Crippen LogP contribution in [0.25, 0.3) is 10.8 Å². The van der Waals surface area contributed by atoms with Crippen LogP contribution in [0.5, 0.6) is 0 Å². The molecule has 0 aliphatic rings. The summed E-state index contributed by atoms with van der Waals surface area (Å²) in [6, 6.07) is 9.80. The second-order valence-corrected chi connectivity index (χ2v) is 12.0. The quantitative estimate of drug-likeness (QED) is 0.0987. The van der Waals surface area contributed by atoms with E-state index >= 15 is 0 Å². The van der Waals surface area contributed by atoms with Crippen molar-refractivity contribution in [3.8, 4) is 0 Å². The van der Waals surface area contributed by atoms with Gasteiger partial charge in [-0.15, -0.1) is 0 Å². The molecule has 2 rings (SSSR count). The topological polar surface area (TPSA) is 57.2 Å². The average molecular weight is 539 g/mol. The average Bonchev–Trinajstić information content (AvgIpc) is 2.86. The fraction of sp³-hybridized carbons (Fsp3) is 0.688. The van der Waals surface area contributed by atoms with Crippen LogP contribution in [-0.2, 0) is 23.0 Å². The predicted molar refractivity (Wildman–Crippen MR) is 154 cm³/mol. The van der Waals surface area contributed by atoms with Gasteiger partial charge in [-0.25, -0.2) is 8.42 Å². The molecule has 0 aromatic heterocycles. The summed E-state index contributed by atoms with van der Waals surface area (Å²) >= 11 is 0. The Hall–Kier alpha value is -0.390. The number of fused-ring (bicyclic) bond motifs is 1. The van der Waals surface area contributed by atoms with Gasteiger partial charge in [0.15, 0.2) is 0 Å². The Bertz CT molecular complexity index is 971. The Balaban J connectivity index is 0.00000684. The molecule has 0 radical (unpaired) electrons. The van der Waals surface area contributed by atoms with Crippen LogP contribution in [-0.4, -0.2) is 13.0 Å². The Morgan fingerprint density at radius 3 is 1.46 bits per heavy atom. The van der Waals surface area contributed by atoms with Gasteiger partial charge in [0.25, 0.3) is 0 Å². The fourth-order valence-corrected chi connectivity index (χ4v) is 6.21. The van der Waals surface area contributed by atoms with Crippen molar-refractivity contribution in [2.45, 2.75) is 147 Å². The molecular weight excluding hydrogens is 487 g/mol. The zero-order valence-corrected chi connectivity index (χ0v) is 27.0. The number of unbranched alkanes of at least 4 members (excludes halogenated alkanes) is 16. The molecule has 0 saturated heterocycles. The summed E-state index contributed by atoms with van der Waals surface area (Å²) in [5.41, 5.74) is 1.75. The van der Waals surface area contributed by atoms with Gasteiger partial charge < -0.3 is 4.55 Å². The molecule has 3 nitrogen and oxygen atoms in total. The summed E-state index contributed by atoms with van der Waals surface area (Å²) in [5, 5.41) is 2.08. The standard InChI is InChI=1S/C32H52O3S.Na/c1-3-5-7-9-11-13-15-17-19-23-28-27-32(36(33,34)35)31(30-25-22-21-24-29(28)30)26-20-18-16-14-12-10-8-6-4-2;/h21-22,24-25,27H,3-20,23,26H2,1-2H3,(H,33,34,35);/q;+1/p-1. The minimum absolute atomic E-state index is 0. The minimum atomic E-state index is -4.51. The molecule has 5 heteroatoms. The second-order valence-electron chi connectivity index (χ2n) is 10.7. The first kappa shape index (κ1) is 34.6. The fourth-order valence-electron chi connectivity index (χ4n) is 5.41. The van der Waals surface area contributed by atoms with Crippen molar-refractivity contribution >= 4 is 20.9 Å². The first-order valence-electron chi connectivity index (χ1n) is 15.0.